The van der Waals surface area contributed by atoms with E-state index in [-0.39, 0.29) is 11.9 Å². The second-order valence-electron chi connectivity index (χ2n) is 9.25. The Bertz CT molecular complexity index is 1490. The third kappa shape index (κ3) is 5.62. The Hall–Kier alpha value is -2.66. The van der Waals surface area contributed by atoms with Crippen molar-refractivity contribution in [1.29, 1.82) is 0 Å². The van der Waals surface area contributed by atoms with Crippen molar-refractivity contribution in [2.45, 2.75) is 29.9 Å². The van der Waals surface area contributed by atoms with E-state index in [1.54, 1.807) is 25.5 Å². The SMILES string of the molecule is C[C@@H](Nc1c(Cl)cnc2ccc(-c3cnc(C(C)(O)I)nc3)cc12)c1cc(C2=CCNCC2)ccc1F. The molecule has 3 heterocycles. The number of nitrogens with one attached hydrogen (secondary N) is 2. The van der Waals surface area contributed by atoms with Crippen molar-refractivity contribution in [2.24, 2.45) is 0 Å². The number of benzene rings is 2. The molecule has 6 nitrogen and oxygen atoms in total. The highest BCUT2D eigenvalue weighted by atomic mass is 127. The first-order valence-electron chi connectivity index (χ1n) is 12.0. The van der Waals surface area contributed by atoms with Crippen LogP contribution in [0.2, 0.25) is 5.02 Å². The molecular weight excluding hydrogens is 604 g/mol. The van der Waals surface area contributed by atoms with E-state index in [1.165, 1.54) is 11.6 Å². The summed E-state index contributed by atoms with van der Waals surface area (Å²) in [5.41, 5.74) is 5.93. The largest absolute Gasteiger partial charge is 0.377 e. The molecule has 190 valence electrons. The standard InChI is InChI=1S/C28H26ClFIN5O/c1-16(21-11-18(3-5-24(21)30)17-7-9-32-10-8-17)36-26-22-12-19(4-6-25(22)33-15-23(26)29)20-13-34-27(35-14-20)28(2,31)37/h3-7,11-16,32,37H,8-10H2,1-2H3,(H,33,36)/t16-,28?/m1/s1. The maximum Gasteiger partial charge on any atom is 0.172 e. The van der Waals surface area contributed by atoms with Gasteiger partial charge in [0, 0.05) is 41.6 Å². The second-order valence-corrected chi connectivity index (χ2v) is 11.8. The summed E-state index contributed by atoms with van der Waals surface area (Å²) in [5, 5.41) is 18.1. The molecule has 9 heteroatoms. The van der Waals surface area contributed by atoms with Gasteiger partial charge in [0.1, 0.15) is 5.82 Å². The van der Waals surface area contributed by atoms with Crippen LogP contribution in [-0.4, -0.2) is 33.1 Å². The summed E-state index contributed by atoms with van der Waals surface area (Å²) in [6.07, 6.45) is 8.04. The van der Waals surface area contributed by atoms with Gasteiger partial charge in [-0.2, -0.15) is 0 Å². The smallest absolute Gasteiger partial charge is 0.172 e. The fourth-order valence-corrected chi connectivity index (χ4v) is 4.95. The molecule has 1 aliphatic heterocycles. The van der Waals surface area contributed by atoms with Crippen LogP contribution in [0.25, 0.3) is 27.6 Å². The van der Waals surface area contributed by atoms with Crippen molar-refractivity contribution in [1.82, 2.24) is 20.3 Å². The number of halogens is 3. The van der Waals surface area contributed by atoms with Gasteiger partial charge in [-0.3, -0.25) is 4.98 Å². The van der Waals surface area contributed by atoms with E-state index in [1.807, 2.05) is 59.8 Å². The van der Waals surface area contributed by atoms with Crippen molar-refractivity contribution in [3.63, 3.8) is 0 Å². The average Bonchev–Trinajstić information content (AvgIpc) is 2.90. The van der Waals surface area contributed by atoms with Crippen LogP contribution < -0.4 is 10.6 Å². The molecule has 4 aromatic rings. The molecular formula is C28H26ClFIN5O. The van der Waals surface area contributed by atoms with Gasteiger partial charge in [0.15, 0.2) is 9.43 Å². The molecule has 2 aromatic heterocycles. The number of alkyl halides is 1. The summed E-state index contributed by atoms with van der Waals surface area (Å²) in [5.74, 6) is 0.0693. The van der Waals surface area contributed by atoms with Crippen LogP contribution in [0.5, 0.6) is 0 Å². The predicted molar refractivity (Wildman–Crippen MR) is 155 cm³/mol. The van der Waals surface area contributed by atoms with Gasteiger partial charge in [-0.05, 0) is 90.4 Å². The van der Waals surface area contributed by atoms with E-state index >= 15 is 0 Å². The molecule has 0 bridgehead atoms. The lowest BCUT2D eigenvalue weighted by atomic mass is 9.96. The van der Waals surface area contributed by atoms with E-state index in [4.69, 9.17) is 11.6 Å². The number of aromatic nitrogens is 3. The zero-order valence-electron chi connectivity index (χ0n) is 20.4. The molecule has 0 radical (unpaired) electrons. The number of pyridine rings is 1. The zero-order chi connectivity index (χ0) is 26.2. The number of nitrogens with zero attached hydrogens (tertiary/aromatic N) is 3. The highest BCUT2D eigenvalue weighted by Gasteiger charge is 2.22. The van der Waals surface area contributed by atoms with Crippen LogP contribution in [0.15, 0.2) is 61.1 Å². The fraction of sp³-hybridized carbons (Fsp3) is 0.250. The van der Waals surface area contributed by atoms with Crippen molar-refractivity contribution in [3.05, 3.63) is 88.9 Å². The molecule has 0 spiro atoms. The van der Waals surface area contributed by atoms with E-state index in [0.29, 0.717) is 22.1 Å². The summed E-state index contributed by atoms with van der Waals surface area (Å²) < 4.78 is 13.8. The summed E-state index contributed by atoms with van der Waals surface area (Å²) in [6, 6.07) is 10.8. The highest BCUT2D eigenvalue weighted by molar-refractivity contribution is 14.1. The van der Waals surface area contributed by atoms with Crippen LogP contribution in [0.4, 0.5) is 10.1 Å². The van der Waals surface area contributed by atoms with Crippen molar-refractivity contribution in [2.75, 3.05) is 18.4 Å². The summed E-state index contributed by atoms with van der Waals surface area (Å²) >= 11 is 8.50. The molecule has 2 aromatic carbocycles. The summed E-state index contributed by atoms with van der Waals surface area (Å²) in [6.45, 7) is 5.29. The Balaban J connectivity index is 1.50. The Labute approximate surface area is 233 Å². The molecule has 5 rings (SSSR count). The quantitative estimate of drug-likeness (QED) is 0.164. The van der Waals surface area contributed by atoms with Gasteiger partial charge in [0.2, 0.25) is 0 Å². The Morgan fingerprint density at radius 1 is 1.08 bits per heavy atom. The Kier molecular flexibility index (Phi) is 7.44. The first-order valence-corrected chi connectivity index (χ1v) is 13.4. The number of hydrogen-bond acceptors (Lipinski definition) is 6. The lowest BCUT2D eigenvalue weighted by Crippen LogP contribution is -2.20. The minimum atomic E-state index is -1.15. The molecule has 0 fully saturated rings. The molecule has 0 amide bonds. The van der Waals surface area contributed by atoms with Crippen LogP contribution >= 0.6 is 34.2 Å². The third-order valence-corrected chi connectivity index (χ3v) is 7.24. The van der Waals surface area contributed by atoms with Gasteiger partial charge >= 0.3 is 0 Å². The first kappa shape index (κ1) is 26.0. The fourth-order valence-electron chi connectivity index (χ4n) is 4.46. The second kappa shape index (κ2) is 10.6. The summed E-state index contributed by atoms with van der Waals surface area (Å²) in [4.78, 5) is 13.1. The van der Waals surface area contributed by atoms with Gasteiger partial charge in [-0.1, -0.05) is 29.8 Å². The molecule has 0 saturated heterocycles. The average molecular weight is 630 g/mol. The molecule has 3 N–H and O–H groups in total. The van der Waals surface area contributed by atoms with Gasteiger partial charge in [0.05, 0.1) is 22.3 Å². The van der Waals surface area contributed by atoms with E-state index < -0.39 is 3.61 Å². The van der Waals surface area contributed by atoms with Crippen LogP contribution in [0.3, 0.4) is 0 Å². The molecule has 1 aliphatic rings. The van der Waals surface area contributed by atoms with Crippen LogP contribution in [0, 0.1) is 5.82 Å². The van der Waals surface area contributed by atoms with Crippen molar-refractivity contribution in [3.8, 4) is 11.1 Å². The van der Waals surface area contributed by atoms with E-state index in [9.17, 15) is 9.50 Å². The molecule has 2 atom stereocenters. The van der Waals surface area contributed by atoms with Gasteiger partial charge < -0.3 is 15.7 Å². The topological polar surface area (TPSA) is 83.0 Å². The maximum absolute atomic E-state index is 15.0. The van der Waals surface area contributed by atoms with Crippen LogP contribution in [-0.2, 0) is 3.61 Å². The van der Waals surface area contributed by atoms with E-state index in [0.717, 1.165) is 47.1 Å². The Morgan fingerprint density at radius 3 is 2.54 bits per heavy atom. The predicted octanol–water partition coefficient (Wildman–Crippen LogP) is 6.63. The molecule has 37 heavy (non-hydrogen) atoms. The molecule has 0 saturated carbocycles. The Morgan fingerprint density at radius 2 is 1.84 bits per heavy atom. The number of hydrogen-bond donors (Lipinski definition) is 3. The molecule has 0 aliphatic carbocycles. The molecule has 1 unspecified atom stereocenters. The van der Waals surface area contributed by atoms with Gasteiger partial charge in [-0.25, -0.2) is 14.4 Å². The normalized spacial score (nSPS) is 16.2. The highest BCUT2D eigenvalue weighted by Crippen LogP contribution is 2.36. The van der Waals surface area contributed by atoms with Gasteiger partial charge in [0.25, 0.3) is 0 Å². The minimum absolute atomic E-state index is 0.267. The number of rotatable bonds is 6. The summed E-state index contributed by atoms with van der Waals surface area (Å²) in [7, 11) is 0. The monoisotopic (exact) mass is 629 g/mol. The van der Waals surface area contributed by atoms with Crippen LogP contribution in [0.1, 0.15) is 43.3 Å². The van der Waals surface area contributed by atoms with Gasteiger partial charge in [-0.15, -0.1) is 0 Å². The third-order valence-electron chi connectivity index (χ3n) is 6.47. The van der Waals surface area contributed by atoms with E-state index in [2.05, 4.69) is 31.7 Å². The number of anilines is 1. The lowest BCUT2D eigenvalue weighted by molar-refractivity contribution is 0.168. The van der Waals surface area contributed by atoms with Crippen molar-refractivity contribution >= 4 is 56.4 Å². The zero-order valence-corrected chi connectivity index (χ0v) is 23.3. The number of fused-ring (bicyclic) bond motifs is 1. The first-order chi connectivity index (χ1) is 17.7. The maximum atomic E-state index is 15.0. The minimum Gasteiger partial charge on any atom is -0.377 e. The van der Waals surface area contributed by atoms with Crippen molar-refractivity contribution < 1.29 is 9.50 Å². The lowest BCUT2D eigenvalue weighted by Gasteiger charge is -2.21. The number of aliphatic hydroxyl groups is 1.